The maximum atomic E-state index is 11.6. The standard InChI is InChI=1S/C16H15N3O5/c1-11-4-2-3-5-15(11)24-10-16(21)18-17-9-12-8-13(19(22)23)6-7-14(12)20/h2-9,20H,10H2,1H3,(H,18,21)/p-1/b17-9-. The summed E-state index contributed by atoms with van der Waals surface area (Å²) in [6.45, 7) is 1.60. The zero-order valence-corrected chi connectivity index (χ0v) is 12.8. The van der Waals surface area contributed by atoms with Gasteiger partial charge in [0.1, 0.15) is 5.75 Å². The molecule has 24 heavy (non-hydrogen) atoms. The number of benzene rings is 2. The first-order valence-electron chi connectivity index (χ1n) is 6.93. The number of nitrogens with zero attached hydrogens (tertiary/aromatic N) is 2. The van der Waals surface area contributed by atoms with Gasteiger partial charge in [0.15, 0.2) is 6.61 Å². The summed E-state index contributed by atoms with van der Waals surface area (Å²) in [6, 6.07) is 10.5. The largest absolute Gasteiger partial charge is 0.872 e. The van der Waals surface area contributed by atoms with Gasteiger partial charge in [-0.3, -0.25) is 14.9 Å². The average Bonchev–Trinajstić information content (AvgIpc) is 2.55. The number of para-hydroxylation sites is 1. The van der Waals surface area contributed by atoms with Crippen molar-refractivity contribution in [1.82, 2.24) is 5.43 Å². The maximum absolute atomic E-state index is 11.6. The normalized spacial score (nSPS) is 10.5. The minimum Gasteiger partial charge on any atom is -0.872 e. The van der Waals surface area contributed by atoms with E-state index in [4.69, 9.17) is 4.74 Å². The Bertz CT molecular complexity index is 789. The number of hydrogen-bond acceptors (Lipinski definition) is 6. The van der Waals surface area contributed by atoms with Crippen molar-refractivity contribution in [3.8, 4) is 11.5 Å². The van der Waals surface area contributed by atoms with Gasteiger partial charge in [0.05, 0.1) is 11.1 Å². The summed E-state index contributed by atoms with van der Waals surface area (Å²) in [5.41, 5.74) is 2.86. The van der Waals surface area contributed by atoms with E-state index in [9.17, 15) is 20.0 Å². The zero-order chi connectivity index (χ0) is 17.5. The number of nitrogens with one attached hydrogen (secondary N) is 1. The minimum absolute atomic E-state index is 0.00400. The molecule has 0 spiro atoms. The molecule has 2 aromatic carbocycles. The highest BCUT2D eigenvalue weighted by Crippen LogP contribution is 2.19. The van der Waals surface area contributed by atoms with Crippen molar-refractivity contribution in [3.63, 3.8) is 0 Å². The Hall–Kier alpha value is -3.42. The van der Waals surface area contributed by atoms with Crippen molar-refractivity contribution < 1.29 is 19.6 Å². The van der Waals surface area contributed by atoms with Gasteiger partial charge in [-0.15, -0.1) is 0 Å². The molecule has 0 radical (unpaired) electrons. The molecule has 0 saturated carbocycles. The van der Waals surface area contributed by atoms with Crippen molar-refractivity contribution in [1.29, 1.82) is 0 Å². The van der Waals surface area contributed by atoms with Gasteiger partial charge in [0.2, 0.25) is 0 Å². The summed E-state index contributed by atoms with van der Waals surface area (Å²) < 4.78 is 5.34. The predicted octanol–water partition coefficient (Wildman–Crippen LogP) is 1.51. The molecule has 0 bridgehead atoms. The van der Waals surface area contributed by atoms with Crippen LogP contribution in [0, 0.1) is 17.0 Å². The minimum atomic E-state index is -0.620. The van der Waals surface area contributed by atoms with Gasteiger partial charge in [-0.2, -0.15) is 5.10 Å². The third-order valence-electron chi connectivity index (χ3n) is 3.05. The number of hydrazone groups is 1. The van der Waals surface area contributed by atoms with Crippen molar-refractivity contribution >= 4 is 17.8 Å². The van der Waals surface area contributed by atoms with Crippen LogP contribution in [-0.4, -0.2) is 23.7 Å². The molecule has 2 aromatic rings. The highest BCUT2D eigenvalue weighted by atomic mass is 16.6. The molecule has 0 heterocycles. The van der Waals surface area contributed by atoms with Crippen LogP contribution in [0.1, 0.15) is 11.1 Å². The van der Waals surface area contributed by atoms with Crippen LogP contribution in [0.25, 0.3) is 0 Å². The lowest BCUT2D eigenvalue weighted by Gasteiger charge is -2.09. The topological polar surface area (TPSA) is 117 Å². The molecule has 1 amide bonds. The van der Waals surface area contributed by atoms with Gasteiger partial charge >= 0.3 is 0 Å². The average molecular weight is 328 g/mol. The van der Waals surface area contributed by atoms with Crippen molar-refractivity contribution in [2.45, 2.75) is 6.92 Å². The Labute approximate surface area is 137 Å². The van der Waals surface area contributed by atoms with E-state index in [1.54, 1.807) is 12.1 Å². The molecule has 0 aliphatic heterocycles. The van der Waals surface area contributed by atoms with Crippen LogP contribution in [0.15, 0.2) is 47.6 Å². The molecule has 1 N–H and O–H groups in total. The van der Waals surface area contributed by atoms with E-state index in [2.05, 4.69) is 10.5 Å². The molecule has 0 atom stereocenters. The SMILES string of the molecule is Cc1ccccc1OCC(=O)N/N=C\c1cc([N+](=O)[O-])ccc1[O-]. The molecule has 0 aliphatic rings. The molecular weight excluding hydrogens is 314 g/mol. The number of carbonyl (C=O) groups excluding carboxylic acids is 1. The van der Waals surface area contributed by atoms with E-state index in [0.717, 1.165) is 30.0 Å². The third-order valence-corrected chi connectivity index (χ3v) is 3.05. The van der Waals surface area contributed by atoms with E-state index in [1.807, 2.05) is 19.1 Å². The third kappa shape index (κ3) is 4.54. The van der Waals surface area contributed by atoms with Gasteiger partial charge in [-0.25, -0.2) is 5.43 Å². The summed E-state index contributed by atoms with van der Waals surface area (Å²) >= 11 is 0. The van der Waals surface area contributed by atoms with E-state index < -0.39 is 16.6 Å². The fraction of sp³-hybridized carbons (Fsp3) is 0.125. The Balaban J connectivity index is 1.92. The predicted molar refractivity (Wildman–Crippen MR) is 85.0 cm³/mol. The lowest BCUT2D eigenvalue weighted by atomic mass is 10.2. The molecule has 0 aromatic heterocycles. The second kappa shape index (κ2) is 7.73. The molecule has 0 fully saturated rings. The number of rotatable bonds is 6. The van der Waals surface area contributed by atoms with Gasteiger partial charge in [-0.05, 0) is 24.1 Å². The first-order chi connectivity index (χ1) is 11.5. The van der Waals surface area contributed by atoms with E-state index >= 15 is 0 Å². The molecule has 0 saturated heterocycles. The van der Waals surface area contributed by atoms with Crippen LogP contribution in [0.2, 0.25) is 0 Å². The quantitative estimate of drug-likeness (QED) is 0.490. The number of carbonyl (C=O) groups is 1. The number of aryl methyl sites for hydroxylation is 1. The highest BCUT2D eigenvalue weighted by Gasteiger charge is 2.06. The zero-order valence-electron chi connectivity index (χ0n) is 12.8. The summed E-state index contributed by atoms with van der Waals surface area (Å²) in [5.74, 6) is -0.376. The fourth-order valence-electron chi connectivity index (χ4n) is 1.82. The second-order valence-corrected chi connectivity index (χ2v) is 4.83. The van der Waals surface area contributed by atoms with Gasteiger partial charge in [0.25, 0.3) is 11.6 Å². The maximum Gasteiger partial charge on any atom is 0.277 e. The Morgan fingerprint density at radius 3 is 2.79 bits per heavy atom. The van der Waals surface area contributed by atoms with Gasteiger partial charge in [-0.1, -0.05) is 30.0 Å². The monoisotopic (exact) mass is 328 g/mol. The summed E-state index contributed by atoms with van der Waals surface area (Å²) in [6.07, 6.45) is 1.06. The molecule has 2 rings (SSSR count). The van der Waals surface area contributed by atoms with Crippen LogP contribution in [0.3, 0.4) is 0 Å². The molecular formula is C16H14N3O5-. The Kier molecular flexibility index (Phi) is 5.45. The van der Waals surface area contributed by atoms with Crippen LogP contribution in [0.4, 0.5) is 5.69 Å². The molecule has 8 nitrogen and oxygen atoms in total. The van der Waals surface area contributed by atoms with Crippen LogP contribution in [-0.2, 0) is 4.79 Å². The molecule has 8 heteroatoms. The Morgan fingerprint density at radius 2 is 2.08 bits per heavy atom. The number of ether oxygens (including phenoxy) is 1. The first-order valence-corrected chi connectivity index (χ1v) is 6.93. The van der Waals surface area contributed by atoms with Crippen molar-refractivity contribution in [3.05, 3.63) is 63.7 Å². The number of nitro benzene ring substituents is 1. The second-order valence-electron chi connectivity index (χ2n) is 4.83. The first kappa shape index (κ1) is 16.9. The van der Waals surface area contributed by atoms with E-state index in [1.165, 1.54) is 0 Å². The smallest absolute Gasteiger partial charge is 0.277 e. The van der Waals surface area contributed by atoms with Crippen LogP contribution < -0.4 is 15.3 Å². The number of nitro groups is 1. The molecule has 124 valence electrons. The summed E-state index contributed by atoms with van der Waals surface area (Å²) in [5, 5.41) is 25.8. The number of amides is 1. The lowest BCUT2D eigenvalue weighted by molar-refractivity contribution is -0.385. The molecule has 0 unspecified atom stereocenters. The van der Waals surface area contributed by atoms with Crippen LogP contribution in [0.5, 0.6) is 11.5 Å². The van der Waals surface area contributed by atoms with E-state index in [-0.39, 0.29) is 17.9 Å². The fourth-order valence-corrected chi connectivity index (χ4v) is 1.82. The summed E-state index contributed by atoms with van der Waals surface area (Å²) in [4.78, 5) is 21.7. The lowest BCUT2D eigenvalue weighted by Crippen LogP contribution is -2.24. The van der Waals surface area contributed by atoms with Gasteiger partial charge < -0.3 is 9.84 Å². The number of hydrogen-bond donors (Lipinski definition) is 1. The van der Waals surface area contributed by atoms with Crippen LogP contribution >= 0.6 is 0 Å². The highest BCUT2D eigenvalue weighted by molar-refractivity contribution is 5.86. The van der Waals surface area contributed by atoms with Gasteiger partial charge in [0, 0.05) is 12.1 Å². The van der Waals surface area contributed by atoms with E-state index in [0.29, 0.717) is 5.75 Å². The molecule has 0 aliphatic carbocycles. The Morgan fingerprint density at radius 1 is 1.33 bits per heavy atom. The van der Waals surface area contributed by atoms with Crippen molar-refractivity contribution in [2.75, 3.05) is 6.61 Å². The summed E-state index contributed by atoms with van der Waals surface area (Å²) in [7, 11) is 0. The number of non-ortho nitro benzene ring substituents is 1. The van der Waals surface area contributed by atoms with Crippen molar-refractivity contribution in [2.24, 2.45) is 5.10 Å².